The summed E-state index contributed by atoms with van der Waals surface area (Å²) in [7, 11) is 2.15. The second kappa shape index (κ2) is 7.65. The highest BCUT2D eigenvalue weighted by atomic mass is 19.1. The van der Waals surface area contributed by atoms with Crippen LogP contribution in [0.25, 0.3) is 0 Å². The van der Waals surface area contributed by atoms with Gasteiger partial charge >= 0.3 is 0 Å². The lowest BCUT2D eigenvalue weighted by atomic mass is 9.86. The number of hydrogen-bond donors (Lipinski definition) is 0. The Morgan fingerprint density at radius 1 is 1.19 bits per heavy atom. The minimum atomic E-state index is -0.283. The van der Waals surface area contributed by atoms with Gasteiger partial charge in [0.15, 0.2) is 0 Å². The number of carbonyl (C=O) groups excluding carboxylic acids is 1. The summed E-state index contributed by atoms with van der Waals surface area (Å²) in [6.07, 6.45) is 6.01. The van der Waals surface area contributed by atoms with Crippen molar-refractivity contribution in [3.63, 3.8) is 0 Å². The van der Waals surface area contributed by atoms with E-state index < -0.39 is 0 Å². The summed E-state index contributed by atoms with van der Waals surface area (Å²) in [4.78, 5) is 17.7. The van der Waals surface area contributed by atoms with Gasteiger partial charge in [0, 0.05) is 31.7 Å². The monoisotopic (exact) mass is 360 g/mol. The van der Waals surface area contributed by atoms with Gasteiger partial charge in [0.05, 0.1) is 6.04 Å². The lowest BCUT2D eigenvalue weighted by Gasteiger charge is -2.40. The Morgan fingerprint density at radius 3 is 2.85 bits per heavy atom. The summed E-state index contributed by atoms with van der Waals surface area (Å²) in [6.45, 7) is 2.35. The number of benzene rings is 1. The van der Waals surface area contributed by atoms with Gasteiger partial charge in [-0.15, -0.1) is 0 Å². The first-order valence-electron chi connectivity index (χ1n) is 10.0. The standard InChI is InChI=1S/C21H29FN2O2/c1-23-14-17(15-7-5-8-16(22)13-15)20-18(23)9-3-2-4-11-24(20)21(25)19-10-6-12-26-19/h5,7-8,13,17-20H,2-4,6,9-12,14H2,1H3/t17-,18+,19?,20-/m0/s1. The maximum atomic E-state index is 13.9. The molecule has 1 aromatic rings. The molecule has 26 heavy (non-hydrogen) atoms. The molecule has 4 rings (SSSR count). The van der Waals surface area contributed by atoms with E-state index >= 15 is 0 Å². The maximum absolute atomic E-state index is 13.9. The van der Waals surface area contributed by atoms with E-state index in [1.54, 1.807) is 12.1 Å². The van der Waals surface area contributed by atoms with Crippen LogP contribution in [0.15, 0.2) is 24.3 Å². The van der Waals surface area contributed by atoms with Gasteiger partial charge in [0.2, 0.25) is 0 Å². The molecule has 142 valence electrons. The molecule has 4 nitrogen and oxygen atoms in total. The zero-order chi connectivity index (χ0) is 18.1. The third-order valence-corrected chi connectivity index (χ3v) is 6.38. The number of hydrogen-bond acceptors (Lipinski definition) is 3. The number of amides is 1. The molecule has 0 spiro atoms. The molecule has 0 bridgehead atoms. The molecule has 4 atom stereocenters. The van der Waals surface area contributed by atoms with Crippen LogP contribution in [-0.4, -0.2) is 60.6 Å². The molecule has 0 radical (unpaired) electrons. The average Bonchev–Trinajstić information content (AvgIpc) is 3.23. The molecule has 0 saturated carbocycles. The van der Waals surface area contributed by atoms with Gasteiger partial charge in [-0.1, -0.05) is 25.0 Å². The molecule has 1 aromatic carbocycles. The van der Waals surface area contributed by atoms with E-state index in [4.69, 9.17) is 4.74 Å². The molecule has 1 unspecified atom stereocenters. The Balaban J connectivity index is 1.67. The molecule has 0 aliphatic carbocycles. The number of fused-ring (bicyclic) bond motifs is 1. The summed E-state index contributed by atoms with van der Waals surface area (Å²) < 4.78 is 19.6. The maximum Gasteiger partial charge on any atom is 0.252 e. The molecule has 0 N–H and O–H groups in total. The smallest absolute Gasteiger partial charge is 0.252 e. The Labute approximate surface area is 155 Å². The topological polar surface area (TPSA) is 32.8 Å². The highest BCUT2D eigenvalue weighted by molar-refractivity contribution is 5.81. The molecule has 3 heterocycles. The van der Waals surface area contributed by atoms with Gasteiger partial charge in [0.1, 0.15) is 11.9 Å². The Bertz CT molecular complexity index is 647. The van der Waals surface area contributed by atoms with Crippen LogP contribution in [0.3, 0.4) is 0 Å². The third kappa shape index (κ3) is 3.39. The van der Waals surface area contributed by atoms with Crippen LogP contribution < -0.4 is 0 Å². The number of likely N-dealkylation sites (tertiary alicyclic amines) is 2. The summed E-state index contributed by atoms with van der Waals surface area (Å²) in [5.74, 6) is 0.108. The summed E-state index contributed by atoms with van der Waals surface area (Å²) in [5.41, 5.74) is 1.01. The fourth-order valence-electron chi connectivity index (χ4n) is 5.11. The van der Waals surface area contributed by atoms with Gasteiger partial charge < -0.3 is 14.5 Å². The third-order valence-electron chi connectivity index (χ3n) is 6.38. The van der Waals surface area contributed by atoms with Crippen molar-refractivity contribution in [3.8, 4) is 0 Å². The Morgan fingerprint density at radius 2 is 2.08 bits per heavy atom. The summed E-state index contributed by atoms with van der Waals surface area (Å²) in [6, 6.07) is 7.39. The number of carbonyl (C=O) groups is 1. The summed E-state index contributed by atoms with van der Waals surface area (Å²) in [5, 5.41) is 0. The quantitative estimate of drug-likeness (QED) is 0.812. The zero-order valence-corrected chi connectivity index (χ0v) is 15.6. The fourth-order valence-corrected chi connectivity index (χ4v) is 5.11. The number of ether oxygens (including phenoxy) is 1. The van der Waals surface area contributed by atoms with E-state index in [1.165, 1.54) is 12.5 Å². The van der Waals surface area contributed by atoms with E-state index in [2.05, 4.69) is 16.8 Å². The number of likely N-dealkylation sites (N-methyl/N-ethyl adjacent to an activating group) is 1. The van der Waals surface area contributed by atoms with Crippen molar-refractivity contribution in [2.24, 2.45) is 0 Å². The first-order valence-corrected chi connectivity index (χ1v) is 10.0. The molecule has 5 heteroatoms. The van der Waals surface area contributed by atoms with Crippen molar-refractivity contribution in [2.45, 2.75) is 62.6 Å². The highest BCUT2D eigenvalue weighted by Gasteiger charge is 2.47. The lowest BCUT2D eigenvalue weighted by molar-refractivity contribution is -0.144. The molecule has 1 amide bonds. The van der Waals surface area contributed by atoms with Crippen molar-refractivity contribution in [3.05, 3.63) is 35.6 Å². The van der Waals surface area contributed by atoms with Crippen LogP contribution in [0.2, 0.25) is 0 Å². The predicted octanol–water partition coefficient (Wildman–Crippen LogP) is 3.17. The van der Waals surface area contributed by atoms with Gasteiger partial charge in [-0.2, -0.15) is 0 Å². The van der Waals surface area contributed by atoms with Crippen LogP contribution in [0, 0.1) is 5.82 Å². The van der Waals surface area contributed by atoms with Crippen LogP contribution in [0.1, 0.15) is 50.0 Å². The molecular formula is C21H29FN2O2. The van der Waals surface area contributed by atoms with Crippen molar-refractivity contribution < 1.29 is 13.9 Å². The second-order valence-electron chi connectivity index (χ2n) is 8.04. The zero-order valence-electron chi connectivity index (χ0n) is 15.6. The van der Waals surface area contributed by atoms with Crippen molar-refractivity contribution in [1.29, 1.82) is 0 Å². The van der Waals surface area contributed by atoms with Gasteiger partial charge in [0.25, 0.3) is 5.91 Å². The average molecular weight is 360 g/mol. The fraction of sp³-hybridized carbons (Fsp3) is 0.667. The van der Waals surface area contributed by atoms with Crippen LogP contribution in [0.5, 0.6) is 0 Å². The lowest BCUT2D eigenvalue weighted by Crippen LogP contribution is -2.53. The van der Waals surface area contributed by atoms with Crippen molar-refractivity contribution in [1.82, 2.24) is 9.80 Å². The SMILES string of the molecule is CN1C[C@@H](c2cccc(F)c2)[C@H]2[C@H]1CCCCCN2C(=O)C1CCCO1. The van der Waals surface area contributed by atoms with Gasteiger partial charge in [-0.3, -0.25) is 4.79 Å². The molecule has 3 aliphatic heterocycles. The van der Waals surface area contributed by atoms with Crippen molar-refractivity contribution >= 4 is 5.91 Å². The Hall–Kier alpha value is -1.46. The van der Waals surface area contributed by atoms with Crippen LogP contribution in [-0.2, 0) is 9.53 Å². The molecular weight excluding hydrogens is 331 g/mol. The Kier molecular flexibility index (Phi) is 5.28. The number of nitrogens with zero attached hydrogens (tertiary/aromatic N) is 2. The first kappa shape index (κ1) is 17.9. The summed E-state index contributed by atoms with van der Waals surface area (Å²) >= 11 is 0. The van der Waals surface area contributed by atoms with Crippen LogP contribution >= 0.6 is 0 Å². The van der Waals surface area contributed by atoms with E-state index in [0.717, 1.165) is 50.8 Å². The predicted molar refractivity (Wildman–Crippen MR) is 98.5 cm³/mol. The van der Waals surface area contributed by atoms with E-state index in [9.17, 15) is 9.18 Å². The number of rotatable bonds is 2. The first-order chi connectivity index (χ1) is 12.6. The van der Waals surface area contributed by atoms with E-state index in [-0.39, 0.29) is 29.8 Å². The molecule has 3 fully saturated rings. The minimum Gasteiger partial charge on any atom is -0.368 e. The highest BCUT2D eigenvalue weighted by Crippen LogP contribution is 2.39. The normalized spacial score (nSPS) is 32.9. The molecule has 0 aromatic heterocycles. The van der Waals surface area contributed by atoms with E-state index in [1.807, 2.05) is 6.07 Å². The van der Waals surface area contributed by atoms with Gasteiger partial charge in [-0.25, -0.2) is 4.39 Å². The minimum absolute atomic E-state index is 0.110. The number of halogens is 1. The van der Waals surface area contributed by atoms with Crippen molar-refractivity contribution in [2.75, 3.05) is 26.7 Å². The van der Waals surface area contributed by atoms with Gasteiger partial charge in [-0.05, 0) is 50.4 Å². The molecule has 3 saturated heterocycles. The van der Waals surface area contributed by atoms with Crippen LogP contribution in [0.4, 0.5) is 4.39 Å². The largest absolute Gasteiger partial charge is 0.368 e. The second-order valence-corrected chi connectivity index (χ2v) is 8.04. The van der Waals surface area contributed by atoms with E-state index in [0.29, 0.717) is 12.6 Å². The molecule has 3 aliphatic rings.